The largest absolute Gasteiger partial charge is 0.493 e. The van der Waals surface area contributed by atoms with Crippen LogP contribution in [-0.2, 0) is 11.8 Å². The number of halogens is 2. The first-order valence-corrected chi connectivity index (χ1v) is 8.82. The number of nitrogens with zero attached hydrogens (tertiary/aromatic N) is 1. The molecule has 1 spiro atoms. The molecule has 2 fully saturated rings. The van der Waals surface area contributed by atoms with E-state index in [4.69, 9.17) is 21.1 Å². The smallest absolute Gasteiger partial charge is 0.165 e. The van der Waals surface area contributed by atoms with Crippen molar-refractivity contribution in [2.45, 2.75) is 48.6 Å². The average Bonchev–Trinajstić information content (AvgIpc) is 2.88. The van der Waals surface area contributed by atoms with Crippen molar-refractivity contribution in [3.05, 3.63) is 23.3 Å². The number of piperidine rings is 1. The number of hydrogen-bond acceptors (Lipinski definition) is 3. The van der Waals surface area contributed by atoms with Gasteiger partial charge in [0.25, 0.3) is 0 Å². The Kier molecular flexibility index (Phi) is 3.57. The molecule has 0 aromatic heterocycles. The number of benzene rings is 1. The highest BCUT2D eigenvalue weighted by Crippen LogP contribution is 2.64. The van der Waals surface area contributed by atoms with Gasteiger partial charge in [-0.2, -0.15) is 0 Å². The standard InChI is InChI=1S/C18H22ClNO2.ClH/c1-20-8-7-18-11-4-5-12(19)17(18)22-16-14(21-2)6-3-10(15(16)18)9-13(11)20;/h3,6,11-13,17H,4-5,7-9H2,1-2H3;1H/t11-,12-,13+,17-,18-;/m0./s1. The first-order chi connectivity index (χ1) is 10.7. The number of hydrogen-bond donors (Lipinski definition) is 0. The van der Waals surface area contributed by atoms with E-state index in [0.29, 0.717) is 12.0 Å². The van der Waals surface area contributed by atoms with Crippen LogP contribution in [0.25, 0.3) is 0 Å². The van der Waals surface area contributed by atoms with Gasteiger partial charge in [-0.1, -0.05) is 6.07 Å². The van der Waals surface area contributed by atoms with E-state index in [1.807, 2.05) is 0 Å². The van der Waals surface area contributed by atoms with Crippen molar-refractivity contribution in [3.63, 3.8) is 0 Å². The number of ether oxygens (including phenoxy) is 2. The van der Waals surface area contributed by atoms with Crippen molar-refractivity contribution < 1.29 is 9.47 Å². The normalized spacial score (nSPS) is 40.0. The number of alkyl halides is 1. The quantitative estimate of drug-likeness (QED) is 0.720. The van der Waals surface area contributed by atoms with Crippen LogP contribution in [0, 0.1) is 5.92 Å². The minimum Gasteiger partial charge on any atom is -0.493 e. The lowest BCUT2D eigenvalue weighted by Gasteiger charge is -2.58. The summed E-state index contributed by atoms with van der Waals surface area (Å²) >= 11 is 6.74. The second-order valence-electron chi connectivity index (χ2n) is 7.41. The monoisotopic (exact) mass is 355 g/mol. The van der Waals surface area contributed by atoms with Gasteiger partial charge < -0.3 is 14.4 Å². The number of likely N-dealkylation sites (N-methyl/N-ethyl adjacent to an activating group) is 1. The molecule has 1 aromatic carbocycles. The van der Waals surface area contributed by atoms with Gasteiger partial charge in [-0.3, -0.25) is 0 Å². The van der Waals surface area contributed by atoms with Gasteiger partial charge in [0, 0.05) is 17.0 Å². The highest BCUT2D eigenvalue weighted by atomic mass is 35.5. The van der Waals surface area contributed by atoms with Crippen LogP contribution in [0.3, 0.4) is 0 Å². The van der Waals surface area contributed by atoms with Gasteiger partial charge >= 0.3 is 0 Å². The molecule has 0 N–H and O–H groups in total. The fourth-order valence-electron chi connectivity index (χ4n) is 5.82. The minimum absolute atomic E-state index is 0. The molecular formula is C18H23Cl2NO2. The van der Waals surface area contributed by atoms with E-state index >= 15 is 0 Å². The van der Waals surface area contributed by atoms with Crippen LogP contribution in [0.4, 0.5) is 0 Å². The summed E-state index contributed by atoms with van der Waals surface area (Å²) in [4.78, 5) is 2.56. The van der Waals surface area contributed by atoms with Crippen LogP contribution in [0.15, 0.2) is 12.1 Å². The zero-order chi connectivity index (χ0) is 15.1. The third kappa shape index (κ3) is 1.76. The van der Waals surface area contributed by atoms with Gasteiger partial charge in [-0.15, -0.1) is 24.0 Å². The van der Waals surface area contributed by atoms with Crippen LogP contribution in [0.2, 0.25) is 0 Å². The molecule has 5 heteroatoms. The first kappa shape index (κ1) is 15.9. The van der Waals surface area contributed by atoms with Crippen LogP contribution < -0.4 is 9.47 Å². The van der Waals surface area contributed by atoms with Crippen molar-refractivity contribution >= 4 is 24.0 Å². The van der Waals surface area contributed by atoms with Crippen molar-refractivity contribution in [1.82, 2.24) is 4.90 Å². The Hall–Kier alpha value is -0.640. The number of rotatable bonds is 1. The molecule has 5 atom stereocenters. The molecule has 2 aliphatic heterocycles. The first-order valence-electron chi connectivity index (χ1n) is 8.38. The maximum atomic E-state index is 6.74. The summed E-state index contributed by atoms with van der Waals surface area (Å²) in [5.74, 6) is 2.54. The van der Waals surface area contributed by atoms with Gasteiger partial charge in [-0.05, 0) is 56.8 Å². The lowest BCUT2D eigenvalue weighted by molar-refractivity contribution is -0.0406. The molecule has 1 aromatic rings. The molecule has 2 bridgehead atoms. The van der Waals surface area contributed by atoms with Gasteiger partial charge in [0.15, 0.2) is 11.5 Å². The van der Waals surface area contributed by atoms with Crippen LogP contribution in [0.5, 0.6) is 11.5 Å². The summed E-state index contributed by atoms with van der Waals surface area (Å²) in [5, 5.41) is 0.114. The molecule has 126 valence electrons. The molecule has 4 aliphatic rings. The fourth-order valence-corrected chi connectivity index (χ4v) is 6.23. The molecule has 2 aliphatic carbocycles. The molecule has 2 heterocycles. The molecular weight excluding hydrogens is 333 g/mol. The Balaban J connectivity index is 0.00000135. The van der Waals surface area contributed by atoms with Crippen molar-refractivity contribution in [2.75, 3.05) is 20.7 Å². The Morgan fingerprint density at radius 1 is 1.35 bits per heavy atom. The molecule has 23 heavy (non-hydrogen) atoms. The van der Waals surface area contributed by atoms with Crippen LogP contribution in [-0.4, -0.2) is 43.1 Å². The van der Waals surface area contributed by atoms with Gasteiger partial charge in [0.2, 0.25) is 0 Å². The van der Waals surface area contributed by atoms with Crippen molar-refractivity contribution in [2.24, 2.45) is 5.92 Å². The molecule has 1 saturated heterocycles. The third-order valence-electron chi connectivity index (χ3n) is 6.73. The van der Waals surface area contributed by atoms with Gasteiger partial charge in [-0.25, -0.2) is 0 Å². The summed E-state index contributed by atoms with van der Waals surface area (Å²) in [6.45, 7) is 1.14. The highest BCUT2D eigenvalue weighted by Gasteiger charge is 2.65. The van der Waals surface area contributed by atoms with E-state index in [1.165, 1.54) is 17.5 Å². The highest BCUT2D eigenvalue weighted by molar-refractivity contribution is 6.21. The van der Waals surface area contributed by atoms with Crippen LogP contribution in [0.1, 0.15) is 30.4 Å². The second-order valence-corrected chi connectivity index (χ2v) is 7.97. The topological polar surface area (TPSA) is 21.7 Å². The summed E-state index contributed by atoms with van der Waals surface area (Å²) in [6.07, 6.45) is 4.70. The summed E-state index contributed by atoms with van der Waals surface area (Å²) in [5.41, 5.74) is 3.02. The van der Waals surface area contributed by atoms with E-state index in [9.17, 15) is 0 Å². The minimum atomic E-state index is 0. The molecule has 0 unspecified atom stereocenters. The zero-order valence-electron chi connectivity index (χ0n) is 13.5. The van der Waals surface area contributed by atoms with Gasteiger partial charge in [0.1, 0.15) is 6.10 Å². The summed E-state index contributed by atoms with van der Waals surface area (Å²) in [6, 6.07) is 4.96. The molecule has 0 radical (unpaired) electrons. The number of likely N-dealkylation sites (tertiary alicyclic amines) is 1. The molecule has 0 amide bonds. The Labute approximate surface area is 148 Å². The van der Waals surface area contributed by atoms with Crippen molar-refractivity contribution in [3.8, 4) is 11.5 Å². The Bertz CT molecular complexity index is 652. The molecule has 1 saturated carbocycles. The third-order valence-corrected chi connectivity index (χ3v) is 7.17. The maximum absolute atomic E-state index is 6.74. The predicted octanol–water partition coefficient (Wildman–Crippen LogP) is 3.39. The fraction of sp³-hybridized carbons (Fsp3) is 0.667. The zero-order valence-corrected chi connectivity index (χ0v) is 15.1. The summed E-state index contributed by atoms with van der Waals surface area (Å²) < 4.78 is 12.1. The van der Waals surface area contributed by atoms with E-state index in [1.54, 1.807) is 7.11 Å². The summed E-state index contributed by atoms with van der Waals surface area (Å²) in [7, 11) is 4.02. The maximum Gasteiger partial charge on any atom is 0.165 e. The second kappa shape index (κ2) is 5.18. The lowest BCUT2D eigenvalue weighted by Crippen LogP contribution is -2.65. The van der Waals surface area contributed by atoms with E-state index in [-0.39, 0.29) is 29.3 Å². The average molecular weight is 356 g/mol. The Morgan fingerprint density at radius 2 is 2.17 bits per heavy atom. The van der Waals surface area contributed by atoms with E-state index < -0.39 is 0 Å². The van der Waals surface area contributed by atoms with Crippen molar-refractivity contribution in [1.29, 1.82) is 0 Å². The molecule has 3 nitrogen and oxygen atoms in total. The van der Waals surface area contributed by atoms with Crippen LogP contribution >= 0.6 is 24.0 Å². The lowest BCUT2D eigenvalue weighted by atomic mass is 9.52. The Morgan fingerprint density at radius 3 is 2.96 bits per heavy atom. The SMILES string of the molecule is COc1ccc2c3c1O[C@H]1[C@@H](Cl)CC[C@H]4[C@@H](C2)N(C)CC[C@@]341.Cl. The van der Waals surface area contributed by atoms with E-state index in [2.05, 4.69) is 24.1 Å². The van der Waals surface area contributed by atoms with Gasteiger partial charge in [0.05, 0.1) is 12.5 Å². The predicted molar refractivity (Wildman–Crippen MR) is 93.4 cm³/mol. The molecule has 5 rings (SSSR count). The number of methoxy groups -OCH3 is 1. The van der Waals surface area contributed by atoms with E-state index in [0.717, 1.165) is 37.3 Å².